The Morgan fingerprint density at radius 1 is 0.969 bits per heavy atom. The third-order valence-corrected chi connectivity index (χ3v) is 4.97. The number of benzene rings is 3. The fraction of sp³-hybridized carbons (Fsp3) is 0.0417. The van der Waals surface area contributed by atoms with Crippen molar-refractivity contribution in [2.75, 3.05) is 12.0 Å². The fourth-order valence-electron chi connectivity index (χ4n) is 3.14. The van der Waals surface area contributed by atoms with Crippen molar-refractivity contribution in [2.45, 2.75) is 0 Å². The minimum Gasteiger partial charge on any atom is -0.504 e. The molecule has 0 aromatic heterocycles. The lowest BCUT2D eigenvalue weighted by Crippen LogP contribution is -2.54. The number of ether oxygens (including phenoxy) is 2. The normalized spacial score (nSPS) is 15.0. The van der Waals surface area contributed by atoms with E-state index in [0.29, 0.717) is 22.7 Å². The largest absolute Gasteiger partial charge is 0.504 e. The quantitative estimate of drug-likeness (QED) is 0.350. The Kier molecular flexibility index (Phi) is 5.87. The molecule has 1 saturated heterocycles. The Morgan fingerprint density at radius 3 is 2.31 bits per heavy atom. The molecule has 3 aromatic carbocycles. The molecule has 1 heterocycles. The predicted octanol–water partition coefficient (Wildman–Crippen LogP) is 4.02. The molecule has 0 spiro atoms. The van der Waals surface area contributed by atoms with Crippen LogP contribution in [0.4, 0.5) is 5.69 Å². The van der Waals surface area contributed by atoms with Gasteiger partial charge in [0.25, 0.3) is 11.8 Å². The zero-order valence-electron chi connectivity index (χ0n) is 16.9. The number of amides is 2. The third kappa shape index (κ3) is 4.30. The second-order valence-electron chi connectivity index (χ2n) is 6.80. The van der Waals surface area contributed by atoms with Crippen LogP contribution in [0.25, 0.3) is 6.08 Å². The molecule has 3 aromatic rings. The molecule has 1 aliphatic heterocycles. The molecule has 0 radical (unpaired) electrons. The van der Waals surface area contributed by atoms with E-state index >= 15 is 0 Å². The van der Waals surface area contributed by atoms with Crippen molar-refractivity contribution < 1.29 is 24.2 Å². The first kappa shape index (κ1) is 21.1. The lowest BCUT2D eigenvalue weighted by molar-refractivity contribution is -0.122. The van der Waals surface area contributed by atoms with Gasteiger partial charge in [0.2, 0.25) is 0 Å². The lowest BCUT2D eigenvalue weighted by atomic mass is 10.1. The number of nitrogens with zero attached hydrogens (tertiary/aromatic N) is 1. The van der Waals surface area contributed by atoms with E-state index in [0.717, 1.165) is 0 Å². The highest BCUT2D eigenvalue weighted by Gasteiger charge is 2.34. The molecule has 1 fully saturated rings. The fourth-order valence-corrected chi connectivity index (χ4v) is 3.42. The van der Waals surface area contributed by atoms with E-state index in [1.807, 2.05) is 30.3 Å². The summed E-state index contributed by atoms with van der Waals surface area (Å²) in [6, 6.07) is 20.6. The van der Waals surface area contributed by atoms with E-state index in [-0.39, 0.29) is 22.2 Å². The van der Waals surface area contributed by atoms with E-state index in [1.54, 1.807) is 36.4 Å². The van der Waals surface area contributed by atoms with Gasteiger partial charge in [-0.3, -0.25) is 19.8 Å². The Bertz CT molecular complexity index is 1220. The first-order valence-electron chi connectivity index (χ1n) is 9.57. The number of anilines is 1. The van der Waals surface area contributed by atoms with Gasteiger partial charge in [-0.15, -0.1) is 0 Å². The number of carbonyl (C=O) groups is 2. The van der Waals surface area contributed by atoms with Crippen LogP contribution < -0.4 is 19.7 Å². The SMILES string of the molecule is COc1ccc(/C=C2\C(=O)NC(=S)N(c3ccc(Oc4ccccc4)cc3)C2=O)cc1O. The number of carbonyl (C=O) groups excluding carboxylic acids is 2. The highest BCUT2D eigenvalue weighted by atomic mass is 32.1. The first-order valence-corrected chi connectivity index (χ1v) is 9.98. The zero-order chi connectivity index (χ0) is 22.7. The molecule has 8 heteroatoms. The summed E-state index contributed by atoms with van der Waals surface area (Å²) in [6.45, 7) is 0. The highest BCUT2D eigenvalue weighted by Crippen LogP contribution is 2.29. The number of phenols is 1. The molecule has 0 aliphatic carbocycles. The van der Waals surface area contributed by atoms with E-state index in [1.165, 1.54) is 24.2 Å². The third-order valence-electron chi connectivity index (χ3n) is 4.69. The molecule has 1 aliphatic rings. The maximum absolute atomic E-state index is 13.1. The summed E-state index contributed by atoms with van der Waals surface area (Å²) < 4.78 is 10.8. The standard InChI is InChI=1S/C24H18N2O5S/c1-30-21-12-7-15(14-20(21)27)13-19-22(28)25-24(32)26(23(19)29)16-8-10-18(11-9-16)31-17-5-3-2-4-6-17/h2-14,27H,1H3,(H,25,28,32)/b19-13+. The maximum atomic E-state index is 13.1. The summed E-state index contributed by atoms with van der Waals surface area (Å²) in [5.74, 6) is 0.259. The number of thiocarbonyl (C=S) groups is 1. The maximum Gasteiger partial charge on any atom is 0.270 e. The molecular formula is C24H18N2O5S. The smallest absolute Gasteiger partial charge is 0.270 e. The van der Waals surface area contributed by atoms with Gasteiger partial charge in [0, 0.05) is 0 Å². The first-order chi connectivity index (χ1) is 15.5. The van der Waals surface area contributed by atoms with Crippen LogP contribution in [-0.2, 0) is 9.59 Å². The van der Waals surface area contributed by atoms with Crippen LogP contribution in [0.1, 0.15) is 5.56 Å². The van der Waals surface area contributed by atoms with Gasteiger partial charge in [-0.2, -0.15) is 0 Å². The second-order valence-corrected chi connectivity index (χ2v) is 7.18. The van der Waals surface area contributed by atoms with Crippen LogP contribution in [0.15, 0.2) is 78.4 Å². The Balaban J connectivity index is 1.60. The van der Waals surface area contributed by atoms with Crippen LogP contribution >= 0.6 is 12.2 Å². The van der Waals surface area contributed by atoms with Gasteiger partial charge in [-0.05, 0) is 72.4 Å². The number of methoxy groups -OCH3 is 1. The molecular weight excluding hydrogens is 428 g/mol. The summed E-state index contributed by atoms with van der Waals surface area (Å²) >= 11 is 5.23. The molecule has 7 nitrogen and oxygen atoms in total. The van der Waals surface area contributed by atoms with Gasteiger partial charge in [0.15, 0.2) is 16.6 Å². The molecule has 0 saturated carbocycles. The number of hydrogen-bond acceptors (Lipinski definition) is 6. The van der Waals surface area contributed by atoms with Crippen LogP contribution in [-0.4, -0.2) is 29.1 Å². The summed E-state index contributed by atoms with van der Waals surface area (Å²) in [5, 5.41) is 12.5. The average molecular weight is 446 g/mol. The van der Waals surface area contributed by atoms with Crippen molar-refractivity contribution in [3.05, 3.63) is 83.9 Å². The van der Waals surface area contributed by atoms with Crippen LogP contribution in [0.3, 0.4) is 0 Å². The molecule has 32 heavy (non-hydrogen) atoms. The number of aromatic hydroxyl groups is 1. The zero-order valence-corrected chi connectivity index (χ0v) is 17.8. The molecule has 0 unspecified atom stereocenters. The van der Waals surface area contributed by atoms with Gasteiger partial charge < -0.3 is 14.6 Å². The molecule has 0 atom stereocenters. The van der Waals surface area contributed by atoms with Crippen molar-refractivity contribution in [1.82, 2.24) is 5.32 Å². The van der Waals surface area contributed by atoms with Crippen LogP contribution in [0, 0.1) is 0 Å². The van der Waals surface area contributed by atoms with Gasteiger partial charge in [0.1, 0.15) is 17.1 Å². The van der Waals surface area contributed by atoms with E-state index in [4.69, 9.17) is 21.7 Å². The Morgan fingerprint density at radius 2 is 1.66 bits per heavy atom. The van der Waals surface area contributed by atoms with Gasteiger partial charge in [-0.1, -0.05) is 24.3 Å². The average Bonchev–Trinajstić information content (AvgIpc) is 2.78. The second kappa shape index (κ2) is 8.91. The van der Waals surface area contributed by atoms with Crippen LogP contribution in [0.5, 0.6) is 23.0 Å². The van der Waals surface area contributed by atoms with Crippen molar-refractivity contribution >= 4 is 40.9 Å². The number of nitrogens with one attached hydrogen (secondary N) is 1. The number of para-hydroxylation sites is 1. The highest BCUT2D eigenvalue weighted by molar-refractivity contribution is 7.80. The van der Waals surface area contributed by atoms with E-state index in [2.05, 4.69) is 5.32 Å². The number of hydrogen-bond donors (Lipinski definition) is 2. The van der Waals surface area contributed by atoms with E-state index < -0.39 is 11.8 Å². The summed E-state index contributed by atoms with van der Waals surface area (Å²) in [5.41, 5.74) is 0.817. The Hall–Kier alpha value is -4.17. The van der Waals surface area contributed by atoms with Crippen molar-refractivity contribution in [2.24, 2.45) is 0 Å². The molecule has 4 rings (SSSR count). The topological polar surface area (TPSA) is 88.1 Å². The van der Waals surface area contributed by atoms with Gasteiger partial charge in [0.05, 0.1) is 12.8 Å². The van der Waals surface area contributed by atoms with Crippen molar-refractivity contribution in [3.63, 3.8) is 0 Å². The monoisotopic (exact) mass is 446 g/mol. The summed E-state index contributed by atoms with van der Waals surface area (Å²) in [7, 11) is 1.43. The van der Waals surface area contributed by atoms with Crippen molar-refractivity contribution in [3.8, 4) is 23.0 Å². The van der Waals surface area contributed by atoms with Crippen molar-refractivity contribution in [1.29, 1.82) is 0 Å². The predicted molar refractivity (Wildman–Crippen MR) is 124 cm³/mol. The molecule has 0 bridgehead atoms. The summed E-state index contributed by atoms with van der Waals surface area (Å²) in [4.78, 5) is 26.8. The van der Waals surface area contributed by atoms with Gasteiger partial charge in [-0.25, -0.2) is 0 Å². The summed E-state index contributed by atoms with van der Waals surface area (Å²) in [6.07, 6.45) is 1.39. The molecule has 160 valence electrons. The van der Waals surface area contributed by atoms with Crippen LogP contribution in [0.2, 0.25) is 0 Å². The Labute approximate surface area is 189 Å². The minimum absolute atomic E-state index is 0.0218. The minimum atomic E-state index is -0.615. The molecule has 2 N–H and O–H groups in total. The lowest BCUT2D eigenvalue weighted by Gasteiger charge is -2.29. The van der Waals surface area contributed by atoms with Gasteiger partial charge >= 0.3 is 0 Å². The number of rotatable bonds is 5. The molecule has 2 amide bonds. The number of phenolic OH excluding ortho intramolecular Hbond substituents is 1. The van der Waals surface area contributed by atoms with E-state index in [9.17, 15) is 14.7 Å².